The van der Waals surface area contributed by atoms with Gasteiger partial charge in [-0.2, -0.15) is 0 Å². The molecule has 0 saturated heterocycles. The molecular formula is C52H33NOS. The van der Waals surface area contributed by atoms with Crippen LogP contribution < -0.4 is 4.90 Å². The quantitative estimate of drug-likeness (QED) is 0.170. The Morgan fingerprint density at radius 1 is 0.364 bits per heavy atom. The fourth-order valence-electron chi connectivity index (χ4n) is 8.21. The molecule has 0 bridgehead atoms. The summed E-state index contributed by atoms with van der Waals surface area (Å²) >= 11 is 1.85. The number of hydrogen-bond donors (Lipinski definition) is 0. The number of furan rings is 1. The lowest BCUT2D eigenvalue weighted by atomic mass is 9.95. The topological polar surface area (TPSA) is 16.4 Å². The molecule has 2 heterocycles. The molecule has 0 radical (unpaired) electrons. The van der Waals surface area contributed by atoms with Crippen molar-refractivity contribution in [2.45, 2.75) is 0 Å². The fourth-order valence-corrected chi connectivity index (χ4v) is 9.30. The zero-order chi connectivity index (χ0) is 36.3. The summed E-state index contributed by atoms with van der Waals surface area (Å²) in [6.07, 6.45) is 0. The summed E-state index contributed by atoms with van der Waals surface area (Å²) in [5.74, 6) is 0. The predicted octanol–water partition coefficient (Wildman–Crippen LogP) is 15.6. The van der Waals surface area contributed by atoms with Crippen molar-refractivity contribution in [3.63, 3.8) is 0 Å². The van der Waals surface area contributed by atoms with Gasteiger partial charge < -0.3 is 9.32 Å². The van der Waals surface area contributed by atoms with Gasteiger partial charge >= 0.3 is 0 Å². The van der Waals surface area contributed by atoms with Gasteiger partial charge in [0.15, 0.2) is 0 Å². The second-order valence-electron chi connectivity index (χ2n) is 14.1. The van der Waals surface area contributed by atoms with Crippen LogP contribution in [0.1, 0.15) is 0 Å². The summed E-state index contributed by atoms with van der Waals surface area (Å²) in [6, 6.07) is 72.4. The van der Waals surface area contributed by atoms with E-state index in [1.54, 1.807) is 0 Å². The van der Waals surface area contributed by atoms with Crippen LogP contribution in [0.5, 0.6) is 0 Å². The lowest BCUT2D eigenvalue weighted by Gasteiger charge is -2.29. The van der Waals surface area contributed by atoms with E-state index in [9.17, 15) is 0 Å². The van der Waals surface area contributed by atoms with Crippen LogP contribution in [0.2, 0.25) is 0 Å². The van der Waals surface area contributed by atoms with Crippen molar-refractivity contribution in [1.82, 2.24) is 0 Å². The predicted molar refractivity (Wildman–Crippen MR) is 235 cm³/mol. The molecule has 11 aromatic rings. The average molecular weight is 720 g/mol. The van der Waals surface area contributed by atoms with Crippen LogP contribution in [0.15, 0.2) is 205 Å². The molecular weight excluding hydrogens is 687 g/mol. The first-order valence-electron chi connectivity index (χ1n) is 18.7. The van der Waals surface area contributed by atoms with Crippen LogP contribution in [0, 0.1) is 0 Å². The van der Waals surface area contributed by atoms with Crippen LogP contribution in [0.4, 0.5) is 17.1 Å². The molecule has 0 aliphatic carbocycles. The zero-order valence-corrected chi connectivity index (χ0v) is 30.6. The van der Waals surface area contributed by atoms with Crippen LogP contribution in [-0.4, -0.2) is 0 Å². The van der Waals surface area contributed by atoms with Gasteiger partial charge in [-0.15, -0.1) is 11.3 Å². The molecule has 0 N–H and O–H groups in total. The second kappa shape index (κ2) is 12.9. The van der Waals surface area contributed by atoms with Crippen molar-refractivity contribution >= 4 is 81.3 Å². The summed E-state index contributed by atoms with van der Waals surface area (Å²) in [6.45, 7) is 0. The molecule has 3 heteroatoms. The van der Waals surface area contributed by atoms with E-state index < -0.39 is 0 Å². The summed E-state index contributed by atoms with van der Waals surface area (Å²) in [5, 5.41) is 7.30. The third kappa shape index (κ3) is 5.40. The molecule has 0 aliphatic rings. The van der Waals surface area contributed by atoms with Crippen molar-refractivity contribution in [1.29, 1.82) is 0 Å². The maximum atomic E-state index is 6.27. The van der Waals surface area contributed by atoms with E-state index in [0.29, 0.717) is 0 Å². The van der Waals surface area contributed by atoms with Crippen LogP contribution in [0.25, 0.3) is 86.3 Å². The van der Waals surface area contributed by atoms with Crippen LogP contribution in [0.3, 0.4) is 0 Å². The normalized spacial score (nSPS) is 11.6. The zero-order valence-electron chi connectivity index (χ0n) is 29.8. The molecule has 0 aliphatic heterocycles. The first kappa shape index (κ1) is 31.6. The molecule has 55 heavy (non-hydrogen) atoms. The monoisotopic (exact) mass is 719 g/mol. The van der Waals surface area contributed by atoms with E-state index in [-0.39, 0.29) is 0 Å². The Morgan fingerprint density at radius 3 is 1.91 bits per heavy atom. The minimum Gasteiger partial charge on any atom is -0.456 e. The highest BCUT2D eigenvalue weighted by Gasteiger charge is 2.21. The summed E-state index contributed by atoms with van der Waals surface area (Å²) in [5.41, 5.74) is 12.1. The summed E-state index contributed by atoms with van der Waals surface area (Å²) < 4.78 is 8.86. The van der Waals surface area contributed by atoms with Crippen molar-refractivity contribution in [3.05, 3.63) is 200 Å². The van der Waals surface area contributed by atoms with E-state index in [4.69, 9.17) is 4.42 Å². The van der Waals surface area contributed by atoms with Crippen LogP contribution >= 0.6 is 11.3 Å². The molecule has 9 aromatic carbocycles. The molecule has 11 rings (SSSR count). The van der Waals surface area contributed by atoms with E-state index in [1.165, 1.54) is 53.2 Å². The first-order chi connectivity index (χ1) is 27.2. The smallest absolute Gasteiger partial charge is 0.136 e. The molecule has 2 aromatic heterocycles. The van der Waals surface area contributed by atoms with Crippen molar-refractivity contribution < 1.29 is 4.42 Å². The molecule has 0 unspecified atom stereocenters. The molecule has 0 spiro atoms. The maximum absolute atomic E-state index is 6.27. The van der Waals surface area contributed by atoms with Gasteiger partial charge in [0.05, 0.1) is 5.69 Å². The second-order valence-corrected chi connectivity index (χ2v) is 15.2. The van der Waals surface area contributed by atoms with Crippen molar-refractivity contribution in [2.75, 3.05) is 4.90 Å². The number of nitrogens with zero attached hydrogens (tertiary/aromatic N) is 1. The lowest BCUT2D eigenvalue weighted by Crippen LogP contribution is -2.11. The Kier molecular flexibility index (Phi) is 7.39. The van der Waals surface area contributed by atoms with Gasteiger partial charge in [0.2, 0.25) is 0 Å². The summed E-state index contributed by atoms with van der Waals surface area (Å²) in [7, 11) is 0. The van der Waals surface area contributed by atoms with E-state index in [1.807, 2.05) is 23.5 Å². The first-order valence-corrected chi connectivity index (χ1v) is 19.5. The SMILES string of the molecule is c1ccc(-c2ccc(-c3ccc4ccccc4c3)cc2N(c2ccc(-c3cccc4oc5ccccc5c34)cc2)c2ccc3sc4ccccc4c3c2)cc1. The standard InChI is InChI=1S/C52H33NOS/c1-2-12-35(13-3-1)42-29-25-39(38-22-21-34-11-4-5-14-37(34)31-38)32-47(42)53(41-28-30-51-46(33-41)44-15-7-9-20-50(44)55-51)40-26-23-36(24-27-40)43-17-10-19-49-52(43)45-16-6-8-18-48(45)54-49/h1-33H. The largest absolute Gasteiger partial charge is 0.456 e. The van der Waals surface area contributed by atoms with Gasteiger partial charge in [-0.25, -0.2) is 0 Å². The number of para-hydroxylation sites is 1. The highest BCUT2D eigenvalue weighted by atomic mass is 32.1. The highest BCUT2D eigenvalue weighted by Crippen LogP contribution is 2.46. The number of anilines is 3. The van der Waals surface area contributed by atoms with Gasteiger partial charge in [-0.3, -0.25) is 0 Å². The fraction of sp³-hybridized carbons (Fsp3) is 0. The van der Waals surface area contributed by atoms with Gasteiger partial charge in [0, 0.05) is 47.9 Å². The Bertz CT molecular complexity index is 3210. The number of hydrogen-bond acceptors (Lipinski definition) is 3. The van der Waals surface area contributed by atoms with Crippen molar-refractivity contribution in [3.8, 4) is 33.4 Å². The Morgan fingerprint density at radius 2 is 1.02 bits per heavy atom. The molecule has 0 amide bonds. The van der Waals surface area contributed by atoms with E-state index >= 15 is 0 Å². The minimum absolute atomic E-state index is 0.902. The molecule has 2 nitrogen and oxygen atoms in total. The Hall–Kier alpha value is -6.94. The van der Waals surface area contributed by atoms with Gasteiger partial charge in [0.25, 0.3) is 0 Å². The molecule has 258 valence electrons. The van der Waals surface area contributed by atoms with E-state index in [2.05, 4.69) is 193 Å². The maximum Gasteiger partial charge on any atom is 0.136 e. The summed E-state index contributed by atoms with van der Waals surface area (Å²) in [4.78, 5) is 2.44. The Labute approximate surface area is 322 Å². The lowest BCUT2D eigenvalue weighted by molar-refractivity contribution is 0.669. The molecule has 0 atom stereocenters. The minimum atomic E-state index is 0.902. The number of thiophene rings is 1. The third-order valence-corrected chi connectivity index (χ3v) is 12.0. The highest BCUT2D eigenvalue weighted by molar-refractivity contribution is 7.25. The van der Waals surface area contributed by atoms with Crippen LogP contribution in [-0.2, 0) is 0 Å². The number of fused-ring (bicyclic) bond motifs is 7. The Balaban J connectivity index is 1.14. The number of rotatable bonds is 6. The van der Waals surface area contributed by atoms with Crippen molar-refractivity contribution in [2.24, 2.45) is 0 Å². The van der Waals surface area contributed by atoms with E-state index in [0.717, 1.165) is 50.1 Å². The van der Waals surface area contributed by atoms with Gasteiger partial charge in [-0.1, -0.05) is 140 Å². The number of benzene rings is 9. The third-order valence-electron chi connectivity index (χ3n) is 10.9. The van der Waals surface area contributed by atoms with Gasteiger partial charge in [-0.05, 0) is 99.3 Å². The molecule has 0 fully saturated rings. The molecule has 0 saturated carbocycles. The van der Waals surface area contributed by atoms with Gasteiger partial charge in [0.1, 0.15) is 11.2 Å². The average Bonchev–Trinajstić information content (AvgIpc) is 3.83.